The lowest BCUT2D eigenvalue weighted by Crippen LogP contribution is -2.52. The topological polar surface area (TPSA) is 78.5 Å². The van der Waals surface area contributed by atoms with Crippen molar-refractivity contribution in [1.29, 1.82) is 0 Å². The number of hydrogen-bond acceptors (Lipinski definition) is 3. The first-order chi connectivity index (χ1) is 14.3. The van der Waals surface area contributed by atoms with Gasteiger partial charge in [0.25, 0.3) is 0 Å². The summed E-state index contributed by atoms with van der Waals surface area (Å²) in [7, 11) is 0. The molecular weight excluding hydrogens is 378 g/mol. The van der Waals surface area contributed by atoms with Crippen molar-refractivity contribution in [3.63, 3.8) is 0 Å². The highest BCUT2D eigenvalue weighted by Gasteiger charge is 2.34. The van der Waals surface area contributed by atoms with E-state index in [9.17, 15) is 14.4 Å². The molecule has 158 valence electrons. The number of anilines is 1. The molecule has 0 aliphatic carbocycles. The zero-order chi connectivity index (χ0) is 21.7. The predicted molar refractivity (Wildman–Crippen MR) is 117 cm³/mol. The molecule has 6 heteroatoms. The van der Waals surface area contributed by atoms with Crippen molar-refractivity contribution in [3.8, 4) is 0 Å². The second kappa shape index (κ2) is 9.57. The van der Waals surface area contributed by atoms with Crippen molar-refractivity contribution in [2.45, 2.75) is 52.7 Å². The van der Waals surface area contributed by atoms with Crippen molar-refractivity contribution in [3.05, 3.63) is 65.2 Å². The molecular formula is C24H29N3O3. The summed E-state index contributed by atoms with van der Waals surface area (Å²) in [5.74, 6) is -0.0647. The molecule has 6 nitrogen and oxygen atoms in total. The van der Waals surface area contributed by atoms with Crippen LogP contribution in [0.3, 0.4) is 0 Å². The van der Waals surface area contributed by atoms with Crippen LogP contribution in [0.5, 0.6) is 0 Å². The number of carbonyl (C=O) groups is 3. The molecule has 2 N–H and O–H groups in total. The van der Waals surface area contributed by atoms with E-state index < -0.39 is 6.04 Å². The summed E-state index contributed by atoms with van der Waals surface area (Å²) in [6, 6.07) is 14.8. The van der Waals surface area contributed by atoms with Crippen molar-refractivity contribution in [2.24, 2.45) is 5.92 Å². The van der Waals surface area contributed by atoms with Gasteiger partial charge in [0.05, 0.1) is 0 Å². The van der Waals surface area contributed by atoms with Crippen LogP contribution < -0.4 is 10.6 Å². The van der Waals surface area contributed by atoms with Crippen LogP contribution in [0.25, 0.3) is 0 Å². The number of carbonyl (C=O) groups excluding carboxylic acids is 3. The van der Waals surface area contributed by atoms with Gasteiger partial charge in [0, 0.05) is 38.5 Å². The molecule has 1 aliphatic rings. The predicted octanol–water partition coefficient (Wildman–Crippen LogP) is 3.26. The summed E-state index contributed by atoms with van der Waals surface area (Å²) in [5.41, 5.74) is 3.78. The third-order valence-corrected chi connectivity index (χ3v) is 5.17. The van der Waals surface area contributed by atoms with E-state index in [1.165, 1.54) is 6.92 Å². The lowest BCUT2D eigenvalue weighted by molar-refractivity contribution is -0.142. The smallest absolute Gasteiger partial charge is 0.243 e. The molecule has 0 spiro atoms. The summed E-state index contributed by atoms with van der Waals surface area (Å²) >= 11 is 0. The van der Waals surface area contributed by atoms with Gasteiger partial charge in [-0.2, -0.15) is 0 Å². The van der Waals surface area contributed by atoms with E-state index in [2.05, 4.69) is 10.6 Å². The van der Waals surface area contributed by atoms with E-state index in [0.717, 1.165) is 16.7 Å². The fourth-order valence-corrected chi connectivity index (χ4v) is 3.76. The molecule has 0 bridgehead atoms. The van der Waals surface area contributed by atoms with Crippen molar-refractivity contribution in [1.82, 2.24) is 10.2 Å². The number of benzene rings is 2. The Kier molecular flexibility index (Phi) is 6.87. The Morgan fingerprint density at radius 1 is 1.07 bits per heavy atom. The highest BCUT2D eigenvalue weighted by molar-refractivity contribution is 5.89. The quantitative estimate of drug-likeness (QED) is 0.772. The lowest BCUT2D eigenvalue weighted by Gasteiger charge is -2.36. The van der Waals surface area contributed by atoms with Gasteiger partial charge in [-0.15, -0.1) is 0 Å². The molecule has 1 atom stereocenters. The van der Waals surface area contributed by atoms with Crippen molar-refractivity contribution >= 4 is 23.4 Å². The summed E-state index contributed by atoms with van der Waals surface area (Å²) in [4.78, 5) is 38.9. The monoisotopic (exact) mass is 407 g/mol. The molecule has 30 heavy (non-hydrogen) atoms. The average molecular weight is 408 g/mol. The van der Waals surface area contributed by atoms with Crippen molar-refractivity contribution < 1.29 is 14.4 Å². The van der Waals surface area contributed by atoms with Crippen molar-refractivity contribution in [2.75, 3.05) is 5.32 Å². The van der Waals surface area contributed by atoms with E-state index in [4.69, 9.17) is 0 Å². The van der Waals surface area contributed by atoms with Gasteiger partial charge < -0.3 is 15.5 Å². The van der Waals surface area contributed by atoms with Crippen LogP contribution in [-0.2, 0) is 33.9 Å². The fourth-order valence-electron chi connectivity index (χ4n) is 3.76. The molecule has 1 unspecified atom stereocenters. The third kappa shape index (κ3) is 5.47. The molecule has 2 aromatic carbocycles. The Morgan fingerprint density at radius 2 is 1.80 bits per heavy atom. The van der Waals surface area contributed by atoms with Gasteiger partial charge in [0.15, 0.2) is 0 Å². The van der Waals surface area contributed by atoms with Gasteiger partial charge in [0.1, 0.15) is 6.04 Å². The second-order valence-corrected chi connectivity index (χ2v) is 8.21. The lowest BCUT2D eigenvalue weighted by atomic mass is 9.92. The van der Waals surface area contributed by atoms with E-state index in [1.54, 1.807) is 11.0 Å². The maximum absolute atomic E-state index is 13.1. The molecule has 0 fully saturated rings. The molecule has 1 aliphatic heterocycles. The first-order valence-electron chi connectivity index (χ1n) is 10.3. The number of fused-ring (bicyclic) bond motifs is 1. The minimum Gasteiger partial charge on any atom is -0.350 e. The normalized spacial score (nSPS) is 15.5. The molecule has 2 aromatic rings. The SMILES string of the molecule is CC(=O)Nc1cccc(CNC(=O)C2Cc3ccccc3CN2C(=O)CC(C)C)c1. The van der Waals surface area contributed by atoms with Crippen LogP contribution in [0.4, 0.5) is 5.69 Å². The number of amides is 3. The average Bonchev–Trinajstić information content (AvgIpc) is 2.70. The Hall–Kier alpha value is -3.15. The van der Waals surface area contributed by atoms with E-state index >= 15 is 0 Å². The van der Waals surface area contributed by atoms with Crippen LogP contribution in [0.15, 0.2) is 48.5 Å². The Morgan fingerprint density at radius 3 is 2.50 bits per heavy atom. The molecule has 1 heterocycles. The van der Waals surface area contributed by atoms with Gasteiger partial charge in [0.2, 0.25) is 17.7 Å². The largest absolute Gasteiger partial charge is 0.350 e. The molecule has 3 rings (SSSR count). The number of nitrogens with one attached hydrogen (secondary N) is 2. The van der Waals surface area contributed by atoms with Gasteiger partial charge in [-0.05, 0) is 34.7 Å². The zero-order valence-corrected chi connectivity index (χ0v) is 17.8. The van der Waals surface area contributed by atoms with Gasteiger partial charge in [-0.1, -0.05) is 50.2 Å². The second-order valence-electron chi connectivity index (χ2n) is 8.21. The molecule has 3 amide bonds. The van der Waals surface area contributed by atoms with E-state index in [-0.39, 0.29) is 23.6 Å². The number of rotatable bonds is 6. The third-order valence-electron chi connectivity index (χ3n) is 5.17. The summed E-state index contributed by atoms with van der Waals surface area (Å²) < 4.78 is 0. The fraction of sp³-hybridized carbons (Fsp3) is 0.375. The van der Waals surface area contributed by atoms with Gasteiger partial charge in [-0.25, -0.2) is 0 Å². The maximum Gasteiger partial charge on any atom is 0.243 e. The zero-order valence-electron chi connectivity index (χ0n) is 17.8. The van der Waals surface area contributed by atoms with E-state index in [1.807, 2.05) is 56.3 Å². The summed E-state index contributed by atoms with van der Waals surface area (Å²) in [6.07, 6.45) is 0.933. The summed E-state index contributed by atoms with van der Waals surface area (Å²) in [5, 5.41) is 5.72. The van der Waals surface area contributed by atoms with Crippen LogP contribution >= 0.6 is 0 Å². The highest BCUT2D eigenvalue weighted by Crippen LogP contribution is 2.25. The number of hydrogen-bond donors (Lipinski definition) is 2. The van der Waals surface area contributed by atoms with Gasteiger partial charge >= 0.3 is 0 Å². The van der Waals surface area contributed by atoms with Crippen LogP contribution in [0.2, 0.25) is 0 Å². The molecule has 0 aromatic heterocycles. The minimum absolute atomic E-state index is 0.00677. The molecule has 0 radical (unpaired) electrons. The summed E-state index contributed by atoms with van der Waals surface area (Å²) in [6.45, 7) is 6.26. The van der Waals surface area contributed by atoms with Crippen LogP contribution in [0, 0.1) is 5.92 Å². The van der Waals surface area contributed by atoms with E-state index in [0.29, 0.717) is 31.6 Å². The Balaban J connectivity index is 1.73. The molecule has 0 saturated heterocycles. The standard InChI is InChI=1S/C24H29N3O3/c1-16(2)11-23(29)27-15-20-9-5-4-8-19(20)13-22(27)24(30)25-14-18-7-6-10-21(12-18)26-17(3)28/h4-10,12,16,22H,11,13-15H2,1-3H3,(H,25,30)(H,26,28). The first kappa shape index (κ1) is 21.6. The minimum atomic E-state index is -0.523. The maximum atomic E-state index is 13.1. The van der Waals surface area contributed by atoms with Gasteiger partial charge in [-0.3, -0.25) is 14.4 Å². The number of nitrogens with zero attached hydrogens (tertiary/aromatic N) is 1. The van der Waals surface area contributed by atoms with Crippen LogP contribution in [0.1, 0.15) is 43.9 Å². The molecule has 0 saturated carbocycles. The van der Waals surface area contributed by atoms with Crippen LogP contribution in [-0.4, -0.2) is 28.7 Å². The Labute approximate surface area is 177 Å². The Bertz CT molecular complexity index is 939. The first-order valence-corrected chi connectivity index (χ1v) is 10.3. The highest BCUT2D eigenvalue weighted by atomic mass is 16.2.